The van der Waals surface area contributed by atoms with E-state index in [1.165, 1.54) is 0 Å². The zero-order valence-corrected chi connectivity index (χ0v) is 12.6. The molecular formula is C16H24N4. The van der Waals surface area contributed by atoms with Gasteiger partial charge in [0.1, 0.15) is 5.65 Å². The number of hydrogen-bond acceptors (Lipinski definition) is 3. The third-order valence-corrected chi connectivity index (χ3v) is 4.10. The number of piperazine rings is 1. The molecule has 3 heterocycles. The molecule has 4 heteroatoms. The third-order valence-electron chi connectivity index (χ3n) is 4.10. The van der Waals surface area contributed by atoms with Crippen LogP contribution in [0.1, 0.15) is 26.5 Å². The topological polar surface area (TPSA) is 32.6 Å². The number of rotatable bonds is 2. The highest BCUT2D eigenvalue weighted by Crippen LogP contribution is 2.22. The van der Waals surface area contributed by atoms with Crippen molar-refractivity contribution >= 4 is 5.65 Å². The molecule has 1 unspecified atom stereocenters. The molecule has 1 N–H and O–H groups in total. The van der Waals surface area contributed by atoms with E-state index >= 15 is 0 Å². The van der Waals surface area contributed by atoms with Gasteiger partial charge in [0.05, 0.1) is 5.69 Å². The standard InChI is InChI=1S/C16H24N4/c1-16(2,3)14-12-19(9-7-17-14)10-13-11-20-8-5-4-6-15(20)18-13/h4-6,8,11,14,17H,7,9-10,12H2,1-3H3. The average molecular weight is 272 g/mol. The van der Waals surface area contributed by atoms with Crippen molar-refractivity contribution in [3.8, 4) is 0 Å². The van der Waals surface area contributed by atoms with Gasteiger partial charge in [0, 0.05) is 44.6 Å². The molecular weight excluding hydrogens is 248 g/mol. The maximum Gasteiger partial charge on any atom is 0.137 e. The van der Waals surface area contributed by atoms with Crippen molar-refractivity contribution in [2.24, 2.45) is 5.41 Å². The first-order valence-electron chi connectivity index (χ1n) is 7.41. The lowest BCUT2D eigenvalue weighted by Gasteiger charge is -2.40. The summed E-state index contributed by atoms with van der Waals surface area (Å²) in [6.45, 7) is 11.1. The Morgan fingerprint density at radius 2 is 2.20 bits per heavy atom. The molecule has 3 rings (SSSR count). The van der Waals surface area contributed by atoms with E-state index in [0.717, 1.165) is 37.5 Å². The van der Waals surface area contributed by atoms with Gasteiger partial charge in [-0.25, -0.2) is 4.98 Å². The Hall–Kier alpha value is -1.39. The summed E-state index contributed by atoms with van der Waals surface area (Å²) in [7, 11) is 0. The maximum absolute atomic E-state index is 4.69. The molecule has 0 saturated carbocycles. The Kier molecular flexibility index (Phi) is 3.52. The highest BCUT2D eigenvalue weighted by molar-refractivity contribution is 5.39. The van der Waals surface area contributed by atoms with Crippen LogP contribution in [0.4, 0.5) is 0 Å². The van der Waals surface area contributed by atoms with Crippen LogP contribution < -0.4 is 5.32 Å². The largest absolute Gasteiger partial charge is 0.311 e. The van der Waals surface area contributed by atoms with Gasteiger partial charge in [0.15, 0.2) is 0 Å². The summed E-state index contributed by atoms with van der Waals surface area (Å²) in [5.41, 5.74) is 2.49. The summed E-state index contributed by atoms with van der Waals surface area (Å²) in [6, 6.07) is 6.68. The minimum Gasteiger partial charge on any atom is -0.311 e. The molecule has 0 aromatic carbocycles. The van der Waals surface area contributed by atoms with Crippen LogP contribution in [0.25, 0.3) is 5.65 Å². The lowest BCUT2D eigenvalue weighted by Crippen LogP contribution is -2.55. The van der Waals surface area contributed by atoms with Crippen LogP contribution in [0.2, 0.25) is 0 Å². The number of imidazole rings is 1. The van der Waals surface area contributed by atoms with Gasteiger partial charge in [-0.3, -0.25) is 4.90 Å². The maximum atomic E-state index is 4.69. The Morgan fingerprint density at radius 3 is 2.95 bits per heavy atom. The van der Waals surface area contributed by atoms with Crippen LogP contribution in [0.5, 0.6) is 0 Å². The molecule has 1 fully saturated rings. The molecule has 0 spiro atoms. The number of aromatic nitrogens is 2. The van der Waals surface area contributed by atoms with E-state index in [-0.39, 0.29) is 0 Å². The van der Waals surface area contributed by atoms with E-state index in [0.29, 0.717) is 11.5 Å². The minimum absolute atomic E-state index is 0.303. The number of fused-ring (bicyclic) bond motifs is 1. The van der Waals surface area contributed by atoms with E-state index in [1.807, 2.05) is 12.1 Å². The number of hydrogen-bond donors (Lipinski definition) is 1. The van der Waals surface area contributed by atoms with Gasteiger partial charge in [0.25, 0.3) is 0 Å². The molecule has 20 heavy (non-hydrogen) atoms. The van der Waals surface area contributed by atoms with Crippen molar-refractivity contribution in [2.75, 3.05) is 19.6 Å². The van der Waals surface area contributed by atoms with Crippen molar-refractivity contribution in [3.05, 3.63) is 36.3 Å². The second-order valence-corrected chi connectivity index (χ2v) is 6.81. The Labute approximate surface area is 120 Å². The Bertz CT molecular complexity index is 548. The lowest BCUT2D eigenvalue weighted by molar-refractivity contribution is 0.128. The van der Waals surface area contributed by atoms with E-state index < -0.39 is 0 Å². The number of nitrogens with zero attached hydrogens (tertiary/aromatic N) is 3. The van der Waals surface area contributed by atoms with Gasteiger partial charge in [-0.15, -0.1) is 0 Å². The molecule has 1 atom stereocenters. The molecule has 1 aliphatic heterocycles. The van der Waals surface area contributed by atoms with Gasteiger partial charge in [0.2, 0.25) is 0 Å². The third kappa shape index (κ3) is 2.86. The normalized spacial score (nSPS) is 21.4. The highest BCUT2D eigenvalue weighted by atomic mass is 15.2. The number of pyridine rings is 1. The Morgan fingerprint density at radius 1 is 1.35 bits per heavy atom. The zero-order valence-electron chi connectivity index (χ0n) is 12.6. The molecule has 0 amide bonds. The van der Waals surface area contributed by atoms with Crippen molar-refractivity contribution in [1.29, 1.82) is 0 Å². The van der Waals surface area contributed by atoms with Gasteiger partial charge in [-0.2, -0.15) is 0 Å². The molecule has 0 bridgehead atoms. The van der Waals surface area contributed by atoms with Gasteiger partial charge in [-0.1, -0.05) is 26.8 Å². The fourth-order valence-corrected chi connectivity index (χ4v) is 2.83. The van der Waals surface area contributed by atoms with Crippen LogP contribution in [0.3, 0.4) is 0 Å². The average Bonchev–Trinajstić information content (AvgIpc) is 2.80. The lowest BCUT2D eigenvalue weighted by atomic mass is 9.85. The number of nitrogens with one attached hydrogen (secondary N) is 1. The van der Waals surface area contributed by atoms with Crippen molar-refractivity contribution in [1.82, 2.24) is 19.6 Å². The van der Waals surface area contributed by atoms with Crippen molar-refractivity contribution < 1.29 is 0 Å². The zero-order chi connectivity index (χ0) is 14.2. The van der Waals surface area contributed by atoms with Gasteiger partial charge < -0.3 is 9.72 Å². The van der Waals surface area contributed by atoms with Crippen molar-refractivity contribution in [2.45, 2.75) is 33.4 Å². The summed E-state index contributed by atoms with van der Waals surface area (Å²) in [5.74, 6) is 0. The van der Waals surface area contributed by atoms with Gasteiger partial charge >= 0.3 is 0 Å². The molecule has 2 aromatic heterocycles. The van der Waals surface area contributed by atoms with Crippen molar-refractivity contribution in [3.63, 3.8) is 0 Å². The quantitative estimate of drug-likeness (QED) is 0.909. The molecule has 108 valence electrons. The fourth-order valence-electron chi connectivity index (χ4n) is 2.83. The highest BCUT2D eigenvalue weighted by Gasteiger charge is 2.29. The second kappa shape index (κ2) is 5.19. The van der Waals surface area contributed by atoms with Crippen LogP contribution in [0, 0.1) is 5.41 Å². The smallest absolute Gasteiger partial charge is 0.137 e. The predicted molar refractivity (Wildman–Crippen MR) is 81.7 cm³/mol. The van der Waals surface area contributed by atoms with Gasteiger partial charge in [-0.05, 0) is 17.5 Å². The molecule has 1 aliphatic rings. The fraction of sp³-hybridized carbons (Fsp3) is 0.562. The first kappa shape index (κ1) is 13.6. The van der Waals surface area contributed by atoms with Crippen LogP contribution in [-0.4, -0.2) is 40.0 Å². The monoisotopic (exact) mass is 272 g/mol. The van der Waals surface area contributed by atoms with E-state index in [4.69, 9.17) is 4.98 Å². The second-order valence-electron chi connectivity index (χ2n) is 6.81. The Balaban J connectivity index is 1.71. The SMILES string of the molecule is CC(C)(C)C1CN(Cc2cn3ccccc3n2)CCN1. The summed E-state index contributed by atoms with van der Waals surface area (Å²) >= 11 is 0. The van der Waals surface area contributed by atoms with E-state index in [1.54, 1.807) is 0 Å². The van der Waals surface area contributed by atoms with Crippen LogP contribution >= 0.6 is 0 Å². The molecule has 2 aromatic rings. The first-order chi connectivity index (χ1) is 9.52. The summed E-state index contributed by atoms with van der Waals surface area (Å²) in [6.07, 6.45) is 4.20. The van der Waals surface area contributed by atoms with Crippen LogP contribution in [0.15, 0.2) is 30.6 Å². The molecule has 1 saturated heterocycles. The molecule has 0 radical (unpaired) electrons. The van der Waals surface area contributed by atoms with E-state index in [9.17, 15) is 0 Å². The predicted octanol–water partition coefficient (Wildman–Crippen LogP) is 2.15. The summed E-state index contributed by atoms with van der Waals surface area (Å²) in [4.78, 5) is 7.20. The minimum atomic E-state index is 0.303. The molecule has 4 nitrogen and oxygen atoms in total. The first-order valence-corrected chi connectivity index (χ1v) is 7.41. The summed E-state index contributed by atoms with van der Waals surface area (Å²) in [5, 5.41) is 3.63. The van der Waals surface area contributed by atoms with E-state index in [2.05, 4.69) is 53.8 Å². The van der Waals surface area contributed by atoms with Crippen LogP contribution in [-0.2, 0) is 6.54 Å². The molecule has 0 aliphatic carbocycles. The summed E-state index contributed by atoms with van der Waals surface area (Å²) < 4.78 is 2.10.